The monoisotopic (exact) mass is 455 g/mol. The molecule has 0 aliphatic carbocycles. The maximum Gasteiger partial charge on any atom is 0.296 e. The number of rotatable bonds is 7. The van der Waals surface area contributed by atoms with Gasteiger partial charge in [-0.1, -0.05) is 17.3 Å². The fraction of sp³-hybridized carbons (Fsp3) is 0.318. The van der Waals surface area contributed by atoms with Crippen molar-refractivity contribution in [2.45, 2.75) is 18.8 Å². The normalized spacial score (nSPS) is 16.4. The molecule has 1 unspecified atom stereocenters. The predicted molar refractivity (Wildman–Crippen MR) is 116 cm³/mol. The second kappa shape index (κ2) is 9.74. The quantitative estimate of drug-likeness (QED) is 0.423. The Labute approximate surface area is 188 Å². The van der Waals surface area contributed by atoms with Crippen molar-refractivity contribution in [3.8, 4) is 17.1 Å². The minimum Gasteiger partial charge on any atom is -0.496 e. The molecule has 2 aromatic carbocycles. The fourth-order valence-electron chi connectivity index (χ4n) is 3.83. The van der Waals surface area contributed by atoms with Crippen LogP contribution in [0.4, 0.5) is 15.8 Å². The van der Waals surface area contributed by atoms with Crippen LogP contribution in [0.2, 0.25) is 0 Å². The van der Waals surface area contributed by atoms with Crippen LogP contribution < -0.4 is 10.1 Å². The lowest BCUT2D eigenvalue weighted by atomic mass is 9.98. The van der Waals surface area contributed by atoms with Gasteiger partial charge in [-0.3, -0.25) is 19.8 Å². The average Bonchev–Trinajstić information content (AvgIpc) is 3.30. The highest BCUT2D eigenvalue weighted by Crippen LogP contribution is 2.30. The fourth-order valence-corrected chi connectivity index (χ4v) is 3.83. The summed E-state index contributed by atoms with van der Waals surface area (Å²) in [6.07, 6.45) is 1.63. The molecule has 1 amide bonds. The third kappa shape index (κ3) is 5.32. The number of hydrogen-bond donors (Lipinski definition) is 1. The van der Waals surface area contributed by atoms with E-state index in [0.29, 0.717) is 36.1 Å². The molecule has 3 aromatic rings. The van der Waals surface area contributed by atoms with Gasteiger partial charge in [-0.15, -0.1) is 0 Å². The zero-order valence-corrected chi connectivity index (χ0v) is 17.9. The van der Waals surface area contributed by atoms with Crippen molar-refractivity contribution in [3.63, 3.8) is 0 Å². The van der Waals surface area contributed by atoms with Gasteiger partial charge < -0.3 is 14.6 Å². The maximum absolute atomic E-state index is 13.5. The summed E-state index contributed by atoms with van der Waals surface area (Å²) in [5, 5.41) is 17.9. The van der Waals surface area contributed by atoms with Crippen LogP contribution in [0.15, 0.2) is 47.0 Å². The van der Waals surface area contributed by atoms with E-state index >= 15 is 0 Å². The third-order valence-corrected chi connectivity index (χ3v) is 5.42. The second-order valence-corrected chi connectivity index (χ2v) is 7.73. The molecule has 11 heteroatoms. The van der Waals surface area contributed by atoms with Crippen LogP contribution in [0.25, 0.3) is 11.4 Å². The standard InChI is InChI=1S/C22H22FN5O5/c1-32-17-7-8-18(19(11-17)28(30)31)24-20(29)13-27-9-3-5-15(12-27)22-25-21(26-33-22)14-4-2-6-16(23)10-14/h2,4,6-8,10-11,15H,3,5,9,12-13H2,1H3,(H,24,29). The summed E-state index contributed by atoms with van der Waals surface area (Å²) in [5.41, 5.74) is 0.393. The molecule has 0 bridgehead atoms. The highest BCUT2D eigenvalue weighted by molar-refractivity contribution is 5.94. The molecule has 1 fully saturated rings. The predicted octanol–water partition coefficient (Wildman–Crippen LogP) is 3.61. The van der Waals surface area contributed by atoms with E-state index in [2.05, 4.69) is 15.5 Å². The number of piperidine rings is 1. The van der Waals surface area contributed by atoms with E-state index in [4.69, 9.17) is 9.26 Å². The molecule has 33 heavy (non-hydrogen) atoms. The smallest absolute Gasteiger partial charge is 0.296 e. The van der Waals surface area contributed by atoms with Gasteiger partial charge in [0.2, 0.25) is 17.6 Å². The minimum absolute atomic E-state index is 0.0601. The Morgan fingerprint density at radius 2 is 2.21 bits per heavy atom. The van der Waals surface area contributed by atoms with Crippen LogP contribution in [0.3, 0.4) is 0 Å². The molecule has 1 aromatic heterocycles. The Morgan fingerprint density at radius 3 is 2.97 bits per heavy atom. The number of halogens is 1. The van der Waals surface area contributed by atoms with E-state index in [1.165, 1.54) is 31.4 Å². The molecule has 0 spiro atoms. The Kier molecular flexibility index (Phi) is 6.59. The summed E-state index contributed by atoms with van der Waals surface area (Å²) in [6, 6.07) is 10.2. The summed E-state index contributed by atoms with van der Waals surface area (Å²) in [7, 11) is 1.41. The maximum atomic E-state index is 13.5. The summed E-state index contributed by atoms with van der Waals surface area (Å²) in [6.45, 7) is 1.27. The number of carbonyl (C=O) groups excluding carboxylic acids is 1. The SMILES string of the molecule is COc1ccc(NC(=O)CN2CCCC(c3nc(-c4cccc(F)c4)no3)C2)c([N+](=O)[O-])c1. The van der Waals surface area contributed by atoms with Crippen molar-refractivity contribution in [1.82, 2.24) is 15.0 Å². The van der Waals surface area contributed by atoms with E-state index in [1.807, 2.05) is 4.90 Å². The van der Waals surface area contributed by atoms with Crippen LogP contribution >= 0.6 is 0 Å². The zero-order chi connectivity index (χ0) is 23.4. The van der Waals surface area contributed by atoms with Crippen molar-refractivity contribution in [3.05, 3.63) is 64.3 Å². The van der Waals surface area contributed by atoms with Crippen LogP contribution in [0.5, 0.6) is 5.75 Å². The van der Waals surface area contributed by atoms with Crippen LogP contribution in [-0.2, 0) is 4.79 Å². The summed E-state index contributed by atoms with van der Waals surface area (Å²) >= 11 is 0. The molecule has 10 nitrogen and oxygen atoms in total. The van der Waals surface area contributed by atoms with Crippen molar-refractivity contribution < 1.29 is 23.4 Å². The Bertz CT molecular complexity index is 1170. The van der Waals surface area contributed by atoms with E-state index in [1.54, 1.807) is 18.2 Å². The van der Waals surface area contributed by atoms with Gasteiger partial charge in [-0.25, -0.2) is 4.39 Å². The van der Waals surface area contributed by atoms with Crippen molar-refractivity contribution in [2.75, 3.05) is 32.1 Å². The van der Waals surface area contributed by atoms with Gasteiger partial charge in [0.1, 0.15) is 17.3 Å². The van der Waals surface area contributed by atoms with Gasteiger partial charge in [0.15, 0.2) is 0 Å². The largest absolute Gasteiger partial charge is 0.496 e. The molecule has 1 aliphatic heterocycles. The van der Waals surface area contributed by atoms with E-state index in [-0.39, 0.29) is 35.6 Å². The van der Waals surface area contributed by atoms with E-state index in [9.17, 15) is 19.3 Å². The minimum atomic E-state index is -0.569. The third-order valence-electron chi connectivity index (χ3n) is 5.42. The first-order chi connectivity index (χ1) is 15.9. The van der Waals surface area contributed by atoms with Crippen LogP contribution in [0, 0.1) is 15.9 Å². The van der Waals surface area contributed by atoms with Gasteiger partial charge in [0.25, 0.3) is 5.69 Å². The number of nitro groups is 1. The number of methoxy groups -OCH3 is 1. The Morgan fingerprint density at radius 1 is 1.36 bits per heavy atom. The summed E-state index contributed by atoms with van der Waals surface area (Å²) in [5.74, 6) is 0.254. The molecule has 2 heterocycles. The number of aromatic nitrogens is 2. The Hall–Kier alpha value is -3.86. The van der Waals surface area contributed by atoms with Crippen LogP contribution in [-0.4, -0.2) is 52.6 Å². The molecular formula is C22H22FN5O5. The zero-order valence-electron chi connectivity index (χ0n) is 17.9. The number of amides is 1. The molecule has 1 N–H and O–H groups in total. The average molecular weight is 455 g/mol. The number of ether oxygens (including phenoxy) is 1. The van der Waals surface area contributed by atoms with Crippen molar-refractivity contribution >= 4 is 17.3 Å². The first-order valence-corrected chi connectivity index (χ1v) is 10.4. The number of hydrogen-bond acceptors (Lipinski definition) is 8. The van der Waals surface area contributed by atoms with Crippen molar-refractivity contribution in [1.29, 1.82) is 0 Å². The highest BCUT2D eigenvalue weighted by Gasteiger charge is 2.28. The lowest BCUT2D eigenvalue weighted by molar-refractivity contribution is -0.384. The van der Waals surface area contributed by atoms with E-state index in [0.717, 1.165) is 12.8 Å². The molecule has 1 aliphatic rings. The number of nitro benzene ring substituents is 1. The molecule has 4 rings (SSSR count). The molecule has 0 saturated carbocycles. The summed E-state index contributed by atoms with van der Waals surface area (Å²) < 4.78 is 23.9. The molecular weight excluding hydrogens is 433 g/mol. The van der Waals surface area contributed by atoms with Gasteiger partial charge >= 0.3 is 0 Å². The van der Waals surface area contributed by atoms with Gasteiger partial charge in [0, 0.05) is 12.1 Å². The molecule has 172 valence electrons. The lowest BCUT2D eigenvalue weighted by Gasteiger charge is -2.30. The van der Waals surface area contributed by atoms with Gasteiger partial charge in [0.05, 0.1) is 30.6 Å². The highest BCUT2D eigenvalue weighted by atomic mass is 19.1. The van der Waals surface area contributed by atoms with E-state index < -0.39 is 4.92 Å². The summed E-state index contributed by atoms with van der Waals surface area (Å²) in [4.78, 5) is 29.7. The number of carbonyl (C=O) groups is 1. The number of anilines is 1. The Balaban J connectivity index is 1.40. The second-order valence-electron chi connectivity index (χ2n) is 7.73. The van der Waals surface area contributed by atoms with Gasteiger partial charge in [-0.2, -0.15) is 4.98 Å². The number of nitrogens with zero attached hydrogens (tertiary/aromatic N) is 4. The lowest BCUT2D eigenvalue weighted by Crippen LogP contribution is -2.39. The first-order valence-electron chi connectivity index (χ1n) is 10.4. The van der Waals surface area contributed by atoms with Crippen molar-refractivity contribution in [2.24, 2.45) is 0 Å². The molecule has 0 radical (unpaired) electrons. The van der Waals surface area contributed by atoms with Gasteiger partial charge in [-0.05, 0) is 43.7 Å². The number of benzene rings is 2. The number of likely N-dealkylation sites (tertiary alicyclic amines) is 1. The number of nitrogens with one attached hydrogen (secondary N) is 1. The topological polar surface area (TPSA) is 124 Å². The van der Waals surface area contributed by atoms with Crippen LogP contribution in [0.1, 0.15) is 24.7 Å². The first kappa shape index (κ1) is 22.3. The molecule has 1 atom stereocenters. The molecule has 1 saturated heterocycles.